The Morgan fingerprint density at radius 1 is 1.07 bits per heavy atom. The van der Waals surface area contributed by atoms with E-state index in [4.69, 9.17) is 0 Å². The first-order valence-corrected chi connectivity index (χ1v) is 10.0. The zero-order valence-electron chi connectivity index (χ0n) is 15.6. The minimum absolute atomic E-state index is 0.0449. The van der Waals surface area contributed by atoms with Crippen molar-refractivity contribution in [3.63, 3.8) is 0 Å². The van der Waals surface area contributed by atoms with Crippen molar-refractivity contribution in [1.82, 2.24) is 4.90 Å². The molecule has 5 rings (SSSR count). The van der Waals surface area contributed by atoms with Crippen molar-refractivity contribution in [1.29, 1.82) is 0 Å². The maximum Gasteiger partial charge on any atom is 0.255 e. The van der Waals surface area contributed by atoms with E-state index in [1.165, 1.54) is 6.07 Å². The van der Waals surface area contributed by atoms with Gasteiger partial charge < -0.3 is 20.4 Å². The number of carbonyl (C=O) groups excluding carboxylic acids is 1. The molecule has 144 valence electrons. The van der Waals surface area contributed by atoms with Crippen LogP contribution in [0.15, 0.2) is 48.6 Å². The summed E-state index contributed by atoms with van der Waals surface area (Å²) in [6, 6.07) is 10.6. The third-order valence-corrected chi connectivity index (χ3v) is 6.37. The molecule has 2 aromatic rings. The highest BCUT2D eigenvalue weighted by atomic mass is 16.3. The van der Waals surface area contributed by atoms with E-state index in [1.54, 1.807) is 12.1 Å². The summed E-state index contributed by atoms with van der Waals surface area (Å²) in [6.07, 6.45) is 7.44. The van der Waals surface area contributed by atoms with Crippen LogP contribution in [0.3, 0.4) is 0 Å². The van der Waals surface area contributed by atoms with Crippen LogP contribution in [0.4, 0.5) is 5.69 Å². The molecule has 0 radical (unpaired) electrons. The number of fused-ring (bicyclic) bond motifs is 3. The smallest absolute Gasteiger partial charge is 0.255 e. The molecule has 3 aliphatic rings. The highest BCUT2D eigenvalue weighted by Gasteiger charge is 2.40. The van der Waals surface area contributed by atoms with Crippen LogP contribution < -0.4 is 5.32 Å². The van der Waals surface area contributed by atoms with E-state index in [0.29, 0.717) is 5.56 Å². The first kappa shape index (κ1) is 17.2. The largest absolute Gasteiger partial charge is 0.508 e. The Morgan fingerprint density at radius 2 is 1.89 bits per heavy atom. The van der Waals surface area contributed by atoms with Crippen LogP contribution in [0.1, 0.15) is 52.7 Å². The third kappa shape index (κ3) is 2.65. The number of benzene rings is 2. The van der Waals surface area contributed by atoms with E-state index >= 15 is 0 Å². The molecule has 5 heteroatoms. The quantitative estimate of drug-likeness (QED) is 0.688. The fourth-order valence-electron chi connectivity index (χ4n) is 4.99. The lowest BCUT2D eigenvalue weighted by Gasteiger charge is -2.38. The number of amides is 1. The summed E-state index contributed by atoms with van der Waals surface area (Å²) >= 11 is 0. The Morgan fingerprint density at radius 3 is 2.68 bits per heavy atom. The summed E-state index contributed by atoms with van der Waals surface area (Å²) in [5, 5.41) is 23.7. The fraction of sp³-hybridized carbons (Fsp3) is 0.348. The molecule has 3 unspecified atom stereocenters. The number of carbonyl (C=O) groups is 1. The van der Waals surface area contributed by atoms with Crippen LogP contribution in [0, 0.1) is 5.92 Å². The van der Waals surface area contributed by atoms with Crippen LogP contribution in [0.5, 0.6) is 11.5 Å². The number of hydrogen-bond acceptors (Lipinski definition) is 4. The molecule has 1 saturated heterocycles. The number of phenolic OH excluding ortho intramolecular Hbond substituents is 2. The molecule has 5 nitrogen and oxygen atoms in total. The van der Waals surface area contributed by atoms with Gasteiger partial charge in [-0.1, -0.05) is 24.3 Å². The molecule has 2 aliphatic heterocycles. The van der Waals surface area contributed by atoms with Crippen molar-refractivity contribution in [3.8, 4) is 11.5 Å². The minimum atomic E-state index is -0.124. The molecular formula is C23H24N2O3. The number of likely N-dealkylation sites (tertiary alicyclic amines) is 1. The fourth-order valence-corrected chi connectivity index (χ4v) is 4.99. The Balaban J connectivity index is 1.59. The first-order chi connectivity index (χ1) is 13.6. The van der Waals surface area contributed by atoms with E-state index in [0.717, 1.165) is 49.2 Å². The number of nitrogens with zero attached hydrogens (tertiary/aromatic N) is 1. The summed E-state index contributed by atoms with van der Waals surface area (Å²) in [5.74, 6) is 0.676. The van der Waals surface area contributed by atoms with Gasteiger partial charge in [0.25, 0.3) is 5.91 Å². The average molecular weight is 376 g/mol. The summed E-state index contributed by atoms with van der Waals surface area (Å²) in [7, 11) is 0. The molecule has 0 aromatic heterocycles. The van der Waals surface area contributed by atoms with Crippen LogP contribution in [0.25, 0.3) is 0 Å². The third-order valence-electron chi connectivity index (χ3n) is 6.37. The number of para-hydroxylation sites is 1. The van der Waals surface area contributed by atoms with Crippen LogP contribution in [0.2, 0.25) is 0 Å². The maximum atomic E-state index is 13.2. The molecule has 0 spiro atoms. The predicted molar refractivity (Wildman–Crippen MR) is 108 cm³/mol. The Hall–Kier alpha value is -2.95. The van der Waals surface area contributed by atoms with Gasteiger partial charge in [-0.25, -0.2) is 0 Å². The average Bonchev–Trinajstić information content (AvgIpc) is 3.39. The SMILES string of the molecule is O=C(c1cccc2c1NC(c1ccc(O)cc1O)C1CC=CC21)N1CCCC1. The zero-order chi connectivity index (χ0) is 19.3. The normalized spacial score (nSPS) is 25.3. The summed E-state index contributed by atoms with van der Waals surface area (Å²) in [5.41, 5.74) is 3.50. The summed E-state index contributed by atoms with van der Waals surface area (Å²) < 4.78 is 0. The molecule has 0 bridgehead atoms. The van der Waals surface area contributed by atoms with E-state index in [-0.39, 0.29) is 35.3 Å². The van der Waals surface area contributed by atoms with E-state index in [9.17, 15) is 15.0 Å². The lowest BCUT2D eigenvalue weighted by molar-refractivity contribution is 0.0793. The summed E-state index contributed by atoms with van der Waals surface area (Å²) in [4.78, 5) is 15.1. The number of aromatic hydroxyl groups is 2. The zero-order valence-corrected chi connectivity index (χ0v) is 15.6. The molecule has 2 heterocycles. The van der Waals surface area contributed by atoms with Crippen LogP contribution in [-0.4, -0.2) is 34.1 Å². The van der Waals surface area contributed by atoms with Gasteiger partial charge in [-0.05, 0) is 48.9 Å². The van der Waals surface area contributed by atoms with Gasteiger partial charge in [0.15, 0.2) is 0 Å². The monoisotopic (exact) mass is 376 g/mol. The van der Waals surface area contributed by atoms with Gasteiger partial charge in [-0.3, -0.25) is 4.79 Å². The van der Waals surface area contributed by atoms with Crippen molar-refractivity contribution in [2.75, 3.05) is 18.4 Å². The Kier molecular flexibility index (Phi) is 4.04. The number of nitrogens with one attached hydrogen (secondary N) is 1. The Bertz CT molecular complexity index is 962. The molecular weight excluding hydrogens is 352 g/mol. The molecule has 3 N–H and O–H groups in total. The van der Waals surface area contributed by atoms with Gasteiger partial charge >= 0.3 is 0 Å². The highest BCUT2D eigenvalue weighted by Crippen LogP contribution is 2.52. The molecule has 2 aromatic carbocycles. The van der Waals surface area contributed by atoms with Crippen molar-refractivity contribution >= 4 is 11.6 Å². The van der Waals surface area contributed by atoms with E-state index < -0.39 is 0 Å². The number of phenols is 2. The standard InChI is InChI=1S/C23H24N2O3/c26-14-9-10-18(20(27)13-14)21-16-6-3-5-15(16)17-7-4-8-19(22(17)24-21)23(28)25-11-1-2-12-25/h3-5,7-10,13,15-16,21,24,26-27H,1-2,6,11-12H2. The van der Waals surface area contributed by atoms with Crippen LogP contribution >= 0.6 is 0 Å². The van der Waals surface area contributed by atoms with E-state index in [2.05, 4.69) is 23.5 Å². The lowest BCUT2D eigenvalue weighted by atomic mass is 9.76. The second kappa shape index (κ2) is 6.59. The van der Waals surface area contributed by atoms with Gasteiger partial charge in [-0.15, -0.1) is 0 Å². The maximum absolute atomic E-state index is 13.2. The number of hydrogen-bond donors (Lipinski definition) is 3. The second-order valence-corrected chi connectivity index (χ2v) is 7.99. The van der Waals surface area contributed by atoms with Gasteiger partial charge in [0.05, 0.1) is 17.3 Å². The lowest BCUT2D eigenvalue weighted by Crippen LogP contribution is -2.33. The molecule has 28 heavy (non-hydrogen) atoms. The molecule has 3 atom stereocenters. The molecule has 0 saturated carbocycles. The highest BCUT2D eigenvalue weighted by molar-refractivity contribution is 6.01. The van der Waals surface area contributed by atoms with E-state index in [1.807, 2.05) is 17.0 Å². The minimum Gasteiger partial charge on any atom is -0.508 e. The molecule has 1 aliphatic carbocycles. The molecule has 1 amide bonds. The topological polar surface area (TPSA) is 72.8 Å². The van der Waals surface area contributed by atoms with Crippen LogP contribution in [-0.2, 0) is 0 Å². The number of rotatable bonds is 2. The predicted octanol–water partition coefficient (Wildman–Crippen LogP) is 4.16. The van der Waals surface area contributed by atoms with Crippen molar-refractivity contribution in [2.24, 2.45) is 5.92 Å². The van der Waals surface area contributed by atoms with Gasteiger partial charge in [-0.2, -0.15) is 0 Å². The van der Waals surface area contributed by atoms with Crippen molar-refractivity contribution in [3.05, 3.63) is 65.2 Å². The Labute approximate surface area is 164 Å². The first-order valence-electron chi connectivity index (χ1n) is 10.0. The van der Waals surface area contributed by atoms with Gasteiger partial charge in [0.1, 0.15) is 11.5 Å². The van der Waals surface area contributed by atoms with Gasteiger partial charge in [0, 0.05) is 30.6 Å². The number of allylic oxidation sites excluding steroid dienone is 2. The van der Waals surface area contributed by atoms with Gasteiger partial charge in [0.2, 0.25) is 0 Å². The van der Waals surface area contributed by atoms with Crippen molar-refractivity contribution < 1.29 is 15.0 Å². The molecule has 1 fully saturated rings. The second-order valence-electron chi connectivity index (χ2n) is 7.99. The summed E-state index contributed by atoms with van der Waals surface area (Å²) in [6.45, 7) is 1.63. The number of anilines is 1. The van der Waals surface area contributed by atoms with Crippen molar-refractivity contribution in [2.45, 2.75) is 31.2 Å².